The Labute approximate surface area is 169 Å². The molecule has 0 unspecified atom stereocenters. The average molecular weight is 410 g/mol. The lowest BCUT2D eigenvalue weighted by Gasteiger charge is -2.10. The molecule has 29 heavy (non-hydrogen) atoms. The molecule has 0 radical (unpaired) electrons. The maximum atomic E-state index is 12.2. The van der Waals surface area contributed by atoms with Crippen molar-refractivity contribution in [2.45, 2.75) is 24.9 Å². The van der Waals surface area contributed by atoms with Crippen molar-refractivity contribution in [1.82, 2.24) is 10.3 Å². The molecule has 3 heterocycles. The zero-order valence-electron chi connectivity index (χ0n) is 15.5. The standard InChI is InChI=1S/C18H15N7O3S/c1-10(2)25-8-15(28-24-25)22-14(26)9-29-18-12(7-20)16(13-4-3-5-27-13)11(6-19)17(21)23-18/h3-5,8,10H,9H2,1-2H3,(H2-,21,22,23,24,26)/p+1. The van der Waals surface area contributed by atoms with Gasteiger partial charge in [0.1, 0.15) is 34.3 Å². The molecule has 146 valence electrons. The van der Waals surface area contributed by atoms with Crippen LogP contribution in [0.15, 0.2) is 38.6 Å². The van der Waals surface area contributed by atoms with Crippen LogP contribution in [-0.4, -0.2) is 21.9 Å². The number of thioether (sulfide) groups is 1. The Hall–Kier alpha value is -3.83. The molecule has 0 aliphatic carbocycles. The summed E-state index contributed by atoms with van der Waals surface area (Å²) in [7, 11) is 0. The second-order valence-corrected chi connectivity index (χ2v) is 7.07. The maximum Gasteiger partial charge on any atom is 0.302 e. The first-order valence-corrected chi connectivity index (χ1v) is 9.41. The van der Waals surface area contributed by atoms with Crippen LogP contribution >= 0.6 is 11.8 Å². The molecule has 0 spiro atoms. The van der Waals surface area contributed by atoms with Crippen molar-refractivity contribution in [2.75, 3.05) is 16.8 Å². The SMILES string of the molecule is CC(C)[n+]1cc(NC(=O)CSc2nc(N)c(C#N)c(-c3ccco3)c2C#N)on1. The third-order valence-corrected chi connectivity index (χ3v) is 4.77. The van der Waals surface area contributed by atoms with Crippen molar-refractivity contribution in [2.24, 2.45) is 0 Å². The monoisotopic (exact) mass is 410 g/mol. The number of furan rings is 1. The highest BCUT2D eigenvalue weighted by molar-refractivity contribution is 8.00. The largest absolute Gasteiger partial charge is 0.464 e. The second kappa shape index (κ2) is 8.46. The number of rotatable bonds is 6. The molecule has 3 aromatic heterocycles. The molecule has 0 bridgehead atoms. The molecular weight excluding hydrogens is 394 g/mol. The smallest absolute Gasteiger partial charge is 0.302 e. The minimum Gasteiger partial charge on any atom is -0.464 e. The number of amides is 1. The molecule has 3 N–H and O–H groups in total. The fraction of sp³-hybridized carbons (Fsp3) is 0.222. The highest BCUT2D eigenvalue weighted by Crippen LogP contribution is 2.35. The third-order valence-electron chi connectivity index (χ3n) is 3.80. The van der Waals surface area contributed by atoms with E-state index in [9.17, 15) is 15.3 Å². The fourth-order valence-electron chi connectivity index (χ4n) is 2.43. The van der Waals surface area contributed by atoms with Crippen LogP contribution in [0.2, 0.25) is 0 Å². The van der Waals surface area contributed by atoms with Gasteiger partial charge in [0.25, 0.3) is 6.20 Å². The predicted octanol–water partition coefficient (Wildman–Crippen LogP) is 2.25. The van der Waals surface area contributed by atoms with Crippen LogP contribution in [0.3, 0.4) is 0 Å². The molecule has 0 atom stereocenters. The molecule has 0 aliphatic rings. The number of nitrogen functional groups attached to an aromatic ring is 1. The van der Waals surface area contributed by atoms with Crippen LogP contribution in [0.25, 0.3) is 11.3 Å². The molecule has 0 fully saturated rings. The zero-order chi connectivity index (χ0) is 21.0. The van der Waals surface area contributed by atoms with E-state index in [-0.39, 0.29) is 51.1 Å². The lowest BCUT2D eigenvalue weighted by atomic mass is 10.0. The number of aromatic nitrogens is 3. The summed E-state index contributed by atoms with van der Waals surface area (Å²) in [6.07, 6.45) is 3.00. The van der Waals surface area contributed by atoms with Crippen LogP contribution in [0, 0.1) is 22.7 Å². The number of hydrogen-bond donors (Lipinski definition) is 2. The molecule has 0 aromatic carbocycles. The first kappa shape index (κ1) is 19.9. The van der Waals surface area contributed by atoms with Crippen molar-refractivity contribution in [3.05, 3.63) is 35.7 Å². The van der Waals surface area contributed by atoms with Crippen LogP contribution in [0.1, 0.15) is 31.0 Å². The molecule has 10 nitrogen and oxygen atoms in total. The van der Waals surface area contributed by atoms with Gasteiger partial charge in [0, 0.05) is 0 Å². The van der Waals surface area contributed by atoms with E-state index in [2.05, 4.69) is 15.6 Å². The highest BCUT2D eigenvalue weighted by Gasteiger charge is 2.23. The summed E-state index contributed by atoms with van der Waals surface area (Å²) in [6, 6.07) is 7.32. The van der Waals surface area contributed by atoms with Gasteiger partial charge in [0.05, 0.1) is 23.1 Å². The number of nitrogens with two attached hydrogens (primary N) is 1. The second-order valence-electron chi connectivity index (χ2n) is 6.11. The Kier molecular flexibility index (Phi) is 5.81. The molecule has 0 saturated heterocycles. The Morgan fingerprint density at radius 3 is 2.72 bits per heavy atom. The van der Waals surface area contributed by atoms with Crippen molar-refractivity contribution in [1.29, 1.82) is 10.5 Å². The molecule has 1 amide bonds. The van der Waals surface area contributed by atoms with E-state index in [1.54, 1.807) is 23.0 Å². The zero-order valence-corrected chi connectivity index (χ0v) is 16.4. The molecule has 0 aliphatic heterocycles. The number of nitrogens with one attached hydrogen (secondary N) is 1. The highest BCUT2D eigenvalue weighted by atomic mass is 32.2. The quantitative estimate of drug-likeness (QED) is 0.459. The summed E-state index contributed by atoms with van der Waals surface area (Å²) in [5.74, 6) is 0.0310. The Balaban J connectivity index is 1.83. The molecule has 3 rings (SSSR count). The van der Waals surface area contributed by atoms with Gasteiger partial charge in [-0.3, -0.25) is 14.6 Å². The summed E-state index contributed by atoms with van der Waals surface area (Å²) in [6.45, 7) is 3.84. The van der Waals surface area contributed by atoms with Gasteiger partial charge >= 0.3 is 5.88 Å². The minimum atomic E-state index is -0.379. The van der Waals surface area contributed by atoms with E-state index < -0.39 is 0 Å². The van der Waals surface area contributed by atoms with Crippen LogP contribution < -0.4 is 15.7 Å². The molecule has 0 saturated carbocycles. The van der Waals surface area contributed by atoms with Gasteiger partial charge in [0.15, 0.2) is 6.04 Å². The first-order valence-electron chi connectivity index (χ1n) is 8.43. The summed E-state index contributed by atoms with van der Waals surface area (Å²) >= 11 is 1.01. The van der Waals surface area contributed by atoms with Gasteiger partial charge in [-0.25, -0.2) is 4.98 Å². The number of anilines is 2. The summed E-state index contributed by atoms with van der Waals surface area (Å²) in [4.78, 5) is 16.4. The number of pyridine rings is 1. The van der Waals surface area contributed by atoms with Crippen molar-refractivity contribution < 1.29 is 18.4 Å². The van der Waals surface area contributed by atoms with E-state index in [1.165, 1.54) is 6.26 Å². The van der Waals surface area contributed by atoms with E-state index in [0.29, 0.717) is 5.76 Å². The maximum absolute atomic E-state index is 12.2. The average Bonchev–Trinajstić information content (AvgIpc) is 3.37. The number of nitrogens with zero attached hydrogens (tertiary/aromatic N) is 5. The van der Waals surface area contributed by atoms with Gasteiger partial charge in [-0.1, -0.05) is 11.8 Å². The summed E-state index contributed by atoms with van der Waals surface area (Å²) < 4.78 is 12.0. The van der Waals surface area contributed by atoms with Crippen LogP contribution in [0.4, 0.5) is 11.7 Å². The first-order chi connectivity index (χ1) is 13.9. The lowest BCUT2D eigenvalue weighted by Crippen LogP contribution is -2.36. The lowest BCUT2D eigenvalue weighted by molar-refractivity contribution is -0.779. The molecular formula is C18H16N7O3S+. The number of carbonyl (C=O) groups is 1. The molecule has 11 heteroatoms. The van der Waals surface area contributed by atoms with E-state index >= 15 is 0 Å². The normalized spacial score (nSPS) is 10.5. The minimum absolute atomic E-state index is 0.0465. The molecule has 3 aromatic rings. The van der Waals surface area contributed by atoms with Crippen molar-refractivity contribution >= 4 is 29.4 Å². The van der Waals surface area contributed by atoms with Crippen molar-refractivity contribution in [3.8, 4) is 23.5 Å². The number of carbonyl (C=O) groups excluding carboxylic acids is 1. The van der Waals surface area contributed by atoms with Gasteiger partial charge in [0.2, 0.25) is 11.2 Å². The Morgan fingerprint density at radius 1 is 1.38 bits per heavy atom. The number of hydrogen-bond acceptors (Lipinski definition) is 9. The van der Waals surface area contributed by atoms with Gasteiger partial charge < -0.3 is 10.2 Å². The van der Waals surface area contributed by atoms with Crippen molar-refractivity contribution in [3.63, 3.8) is 0 Å². The van der Waals surface area contributed by atoms with E-state index in [1.807, 2.05) is 26.0 Å². The van der Waals surface area contributed by atoms with E-state index in [4.69, 9.17) is 14.7 Å². The number of nitriles is 2. The Morgan fingerprint density at radius 2 is 2.14 bits per heavy atom. The fourth-order valence-corrected chi connectivity index (χ4v) is 3.23. The van der Waals surface area contributed by atoms with Gasteiger partial charge in [-0.2, -0.15) is 10.5 Å². The topological polar surface area (TPSA) is 159 Å². The summed E-state index contributed by atoms with van der Waals surface area (Å²) in [5.41, 5.74) is 6.31. The van der Waals surface area contributed by atoms with Gasteiger partial charge in [-0.05, 0) is 30.7 Å². The van der Waals surface area contributed by atoms with Crippen LogP contribution in [-0.2, 0) is 4.79 Å². The third kappa shape index (κ3) is 4.20. The van der Waals surface area contributed by atoms with E-state index in [0.717, 1.165) is 11.8 Å². The Bertz CT molecular complexity index is 1120. The van der Waals surface area contributed by atoms with Gasteiger partial charge in [-0.15, -0.1) is 0 Å². The summed E-state index contributed by atoms with van der Waals surface area (Å²) in [5, 5.41) is 25.7. The van der Waals surface area contributed by atoms with Crippen LogP contribution in [0.5, 0.6) is 0 Å². The predicted molar refractivity (Wildman–Crippen MR) is 102 cm³/mol.